The number of ether oxygens (including phenoxy) is 2. The van der Waals surface area contributed by atoms with Gasteiger partial charge in [0.05, 0.1) is 13.2 Å². The molecular weight excluding hydrogens is 216 g/mol. The van der Waals surface area contributed by atoms with E-state index in [1.807, 2.05) is 0 Å². The average Bonchev–Trinajstić information content (AvgIpc) is 2.16. The van der Waals surface area contributed by atoms with Crippen LogP contribution in [0.2, 0.25) is 5.02 Å². The SMILES string of the molecule is COc1ccc(Cl)cc1C(=O)OC(C)C. The number of hydrogen-bond acceptors (Lipinski definition) is 3. The molecule has 3 nitrogen and oxygen atoms in total. The van der Waals surface area contributed by atoms with Crippen LogP contribution in [0.15, 0.2) is 18.2 Å². The number of halogens is 1. The molecule has 0 spiro atoms. The van der Waals surface area contributed by atoms with Gasteiger partial charge < -0.3 is 9.47 Å². The summed E-state index contributed by atoms with van der Waals surface area (Å²) in [7, 11) is 1.50. The van der Waals surface area contributed by atoms with Gasteiger partial charge in [-0.25, -0.2) is 4.79 Å². The molecule has 0 fully saturated rings. The summed E-state index contributed by atoms with van der Waals surface area (Å²) in [6.45, 7) is 3.57. The standard InChI is InChI=1S/C11H13ClO3/c1-7(2)15-11(13)9-6-8(12)4-5-10(9)14-3/h4-7H,1-3H3. The van der Waals surface area contributed by atoms with Gasteiger partial charge >= 0.3 is 5.97 Å². The lowest BCUT2D eigenvalue weighted by molar-refractivity contribution is 0.0374. The number of benzene rings is 1. The summed E-state index contributed by atoms with van der Waals surface area (Å²) in [6, 6.07) is 4.83. The fourth-order valence-corrected chi connectivity index (χ4v) is 1.29. The summed E-state index contributed by atoms with van der Waals surface area (Å²) < 4.78 is 10.1. The minimum Gasteiger partial charge on any atom is -0.496 e. The molecule has 1 aromatic rings. The maximum absolute atomic E-state index is 11.6. The molecule has 0 heterocycles. The van der Waals surface area contributed by atoms with Crippen LogP contribution in [0.5, 0.6) is 5.75 Å². The molecule has 15 heavy (non-hydrogen) atoms. The van der Waals surface area contributed by atoms with E-state index in [1.165, 1.54) is 13.2 Å². The Hall–Kier alpha value is -1.22. The highest BCUT2D eigenvalue weighted by atomic mass is 35.5. The van der Waals surface area contributed by atoms with E-state index in [4.69, 9.17) is 21.1 Å². The molecule has 0 saturated heterocycles. The number of carbonyl (C=O) groups is 1. The summed E-state index contributed by atoms with van der Waals surface area (Å²) >= 11 is 5.79. The zero-order chi connectivity index (χ0) is 11.4. The third kappa shape index (κ3) is 3.13. The van der Waals surface area contributed by atoms with E-state index in [0.717, 1.165) is 0 Å². The fraction of sp³-hybridized carbons (Fsp3) is 0.364. The molecular formula is C11H13ClO3. The van der Waals surface area contributed by atoms with Gasteiger partial charge in [-0.15, -0.1) is 0 Å². The van der Waals surface area contributed by atoms with E-state index >= 15 is 0 Å². The predicted octanol–water partition coefficient (Wildman–Crippen LogP) is 2.91. The molecule has 0 bridgehead atoms. The molecule has 0 aromatic heterocycles. The van der Waals surface area contributed by atoms with E-state index in [1.54, 1.807) is 26.0 Å². The molecule has 0 atom stereocenters. The maximum atomic E-state index is 11.6. The monoisotopic (exact) mass is 228 g/mol. The first kappa shape index (κ1) is 11.9. The Morgan fingerprint density at radius 2 is 2.07 bits per heavy atom. The predicted molar refractivity (Wildman–Crippen MR) is 58.6 cm³/mol. The van der Waals surface area contributed by atoms with Crippen molar-refractivity contribution >= 4 is 17.6 Å². The normalized spacial score (nSPS) is 10.2. The Labute approximate surface area is 93.9 Å². The van der Waals surface area contributed by atoms with Crippen LogP contribution in [0, 0.1) is 0 Å². The number of hydrogen-bond donors (Lipinski definition) is 0. The Balaban J connectivity index is 3.00. The Bertz CT molecular complexity index is 361. The molecule has 0 unspecified atom stereocenters. The van der Waals surface area contributed by atoms with Gasteiger partial charge in [-0.2, -0.15) is 0 Å². The highest BCUT2D eigenvalue weighted by Crippen LogP contribution is 2.23. The van der Waals surface area contributed by atoms with Gasteiger partial charge in [0.25, 0.3) is 0 Å². The topological polar surface area (TPSA) is 35.5 Å². The van der Waals surface area contributed by atoms with Crippen molar-refractivity contribution in [1.29, 1.82) is 0 Å². The second-order valence-corrected chi connectivity index (χ2v) is 3.74. The van der Waals surface area contributed by atoms with Gasteiger partial charge in [0, 0.05) is 5.02 Å². The van der Waals surface area contributed by atoms with Crippen molar-refractivity contribution in [3.8, 4) is 5.75 Å². The van der Waals surface area contributed by atoms with Crippen LogP contribution in [0.3, 0.4) is 0 Å². The molecule has 0 aliphatic rings. The maximum Gasteiger partial charge on any atom is 0.342 e. The second kappa shape index (κ2) is 5.03. The average molecular weight is 229 g/mol. The van der Waals surface area contributed by atoms with Crippen LogP contribution in [-0.4, -0.2) is 19.2 Å². The number of rotatable bonds is 3. The smallest absolute Gasteiger partial charge is 0.342 e. The van der Waals surface area contributed by atoms with Crippen LogP contribution in [0.4, 0.5) is 0 Å². The number of carbonyl (C=O) groups excluding carboxylic acids is 1. The summed E-state index contributed by atoms with van der Waals surface area (Å²) in [4.78, 5) is 11.6. The van der Waals surface area contributed by atoms with Gasteiger partial charge in [0.2, 0.25) is 0 Å². The first-order chi connectivity index (χ1) is 7.04. The largest absolute Gasteiger partial charge is 0.496 e. The van der Waals surface area contributed by atoms with Crippen molar-refractivity contribution < 1.29 is 14.3 Å². The lowest BCUT2D eigenvalue weighted by Crippen LogP contribution is -2.12. The summed E-state index contributed by atoms with van der Waals surface area (Å²) in [6.07, 6.45) is -0.166. The van der Waals surface area contributed by atoms with Crippen LogP contribution < -0.4 is 4.74 Å². The highest BCUT2D eigenvalue weighted by Gasteiger charge is 2.15. The zero-order valence-corrected chi connectivity index (χ0v) is 9.67. The lowest BCUT2D eigenvalue weighted by atomic mass is 10.2. The van der Waals surface area contributed by atoms with Crippen molar-refractivity contribution in [3.05, 3.63) is 28.8 Å². The highest BCUT2D eigenvalue weighted by molar-refractivity contribution is 6.31. The first-order valence-corrected chi connectivity index (χ1v) is 4.97. The fourth-order valence-electron chi connectivity index (χ4n) is 1.12. The van der Waals surface area contributed by atoms with Crippen molar-refractivity contribution in [3.63, 3.8) is 0 Å². The molecule has 0 amide bonds. The molecule has 0 radical (unpaired) electrons. The van der Waals surface area contributed by atoms with E-state index in [-0.39, 0.29) is 6.10 Å². The van der Waals surface area contributed by atoms with E-state index in [9.17, 15) is 4.79 Å². The third-order valence-corrected chi connectivity index (χ3v) is 1.96. The van der Waals surface area contributed by atoms with E-state index in [2.05, 4.69) is 0 Å². The van der Waals surface area contributed by atoms with Crippen LogP contribution in [0.1, 0.15) is 24.2 Å². The number of esters is 1. The molecule has 0 aliphatic carbocycles. The summed E-state index contributed by atoms with van der Waals surface area (Å²) in [5.41, 5.74) is 0.346. The third-order valence-electron chi connectivity index (χ3n) is 1.72. The van der Waals surface area contributed by atoms with Crippen LogP contribution in [0.25, 0.3) is 0 Å². The molecule has 0 N–H and O–H groups in total. The molecule has 82 valence electrons. The lowest BCUT2D eigenvalue weighted by Gasteiger charge is -2.11. The molecule has 0 saturated carbocycles. The van der Waals surface area contributed by atoms with Gasteiger partial charge in [-0.1, -0.05) is 11.6 Å². The van der Waals surface area contributed by atoms with Crippen LogP contribution in [-0.2, 0) is 4.74 Å². The van der Waals surface area contributed by atoms with Crippen LogP contribution >= 0.6 is 11.6 Å². The van der Waals surface area contributed by atoms with Gasteiger partial charge in [-0.3, -0.25) is 0 Å². The Morgan fingerprint density at radius 3 is 2.60 bits per heavy atom. The summed E-state index contributed by atoms with van der Waals surface area (Å²) in [5, 5.41) is 0.478. The minimum atomic E-state index is -0.427. The minimum absolute atomic E-state index is 0.166. The number of methoxy groups -OCH3 is 1. The Kier molecular flexibility index (Phi) is 3.97. The molecule has 4 heteroatoms. The quantitative estimate of drug-likeness (QED) is 0.747. The Morgan fingerprint density at radius 1 is 1.40 bits per heavy atom. The van der Waals surface area contributed by atoms with Gasteiger partial charge in [0.1, 0.15) is 11.3 Å². The van der Waals surface area contributed by atoms with Crippen molar-refractivity contribution in [2.24, 2.45) is 0 Å². The van der Waals surface area contributed by atoms with E-state index in [0.29, 0.717) is 16.3 Å². The molecule has 1 rings (SSSR count). The van der Waals surface area contributed by atoms with Crippen molar-refractivity contribution in [1.82, 2.24) is 0 Å². The molecule has 0 aliphatic heterocycles. The van der Waals surface area contributed by atoms with Gasteiger partial charge in [-0.05, 0) is 32.0 Å². The zero-order valence-electron chi connectivity index (χ0n) is 8.91. The summed E-state index contributed by atoms with van der Waals surface area (Å²) in [5.74, 6) is 0.0365. The second-order valence-electron chi connectivity index (χ2n) is 3.30. The van der Waals surface area contributed by atoms with Gasteiger partial charge in [0.15, 0.2) is 0 Å². The molecule has 1 aromatic carbocycles. The van der Waals surface area contributed by atoms with Crippen molar-refractivity contribution in [2.75, 3.05) is 7.11 Å². The first-order valence-electron chi connectivity index (χ1n) is 4.59. The van der Waals surface area contributed by atoms with E-state index < -0.39 is 5.97 Å². The van der Waals surface area contributed by atoms with Crippen molar-refractivity contribution in [2.45, 2.75) is 20.0 Å².